The molecule has 0 aromatic heterocycles. The molecule has 2 saturated heterocycles. The summed E-state index contributed by atoms with van der Waals surface area (Å²) in [5, 5.41) is 1.80. The van der Waals surface area contributed by atoms with Gasteiger partial charge >= 0.3 is 0 Å². The SMILES string of the molecule is C=CCN1C[C@H]2CON(O[Si](C)(C)C)[C@H]2[C@@H]1c1ccc(OC)cc1. The Morgan fingerprint density at radius 1 is 1.29 bits per heavy atom. The summed E-state index contributed by atoms with van der Waals surface area (Å²) >= 11 is 0. The fourth-order valence-corrected chi connectivity index (χ4v) is 4.32. The molecule has 132 valence electrons. The van der Waals surface area contributed by atoms with Crippen molar-refractivity contribution < 1.29 is 14.1 Å². The lowest BCUT2D eigenvalue weighted by Crippen LogP contribution is -2.43. The van der Waals surface area contributed by atoms with Crippen LogP contribution in [-0.2, 0) is 9.36 Å². The molecule has 0 saturated carbocycles. The van der Waals surface area contributed by atoms with E-state index < -0.39 is 8.32 Å². The van der Waals surface area contributed by atoms with Crippen molar-refractivity contribution in [2.45, 2.75) is 31.7 Å². The fourth-order valence-electron chi connectivity index (χ4n) is 3.61. The molecule has 6 heteroatoms. The maximum absolute atomic E-state index is 6.21. The molecule has 3 rings (SSSR count). The Labute approximate surface area is 145 Å². The molecule has 24 heavy (non-hydrogen) atoms. The summed E-state index contributed by atoms with van der Waals surface area (Å²) in [5.41, 5.74) is 1.26. The van der Waals surface area contributed by atoms with E-state index in [4.69, 9.17) is 14.1 Å². The van der Waals surface area contributed by atoms with Crippen LogP contribution in [0.2, 0.25) is 19.6 Å². The van der Waals surface area contributed by atoms with Gasteiger partial charge in [0.05, 0.1) is 25.8 Å². The van der Waals surface area contributed by atoms with Gasteiger partial charge in [0.1, 0.15) is 5.75 Å². The van der Waals surface area contributed by atoms with Crippen molar-refractivity contribution in [3.8, 4) is 5.75 Å². The summed E-state index contributed by atoms with van der Waals surface area (Å²) in [4.78, 5) is 8.35. The van der Waals surface area contributed by atoms with E-state index in [1.807, 2.05) is 18.2 Å². The van der Waals surface area contributed by atoms with E-state index in [9.17, 15) is 0 Å². The van der Waals surface area contributed by atoms with Crippen LogP contribution in [0.15, 0.2) is 36.9 Å². The van der Waals surface area contributed by atoms with Gasteiger partial charge in [-0.25, -0.2) is 0 Å². The van der Waals surface area contributed by atoms with E-state index in [1.165, 1.54) is 5.56 Å². The lowest BCUT2D eigenvalue weighted by atomic mass is 9.95. The quantitative estimate of drug-likeness (QED) is 0.582. The maximum Gasteiger partial charge on any atom is 0.215 e. The van der Waals surface area contributed by atoms with Crippen LogP contribution < -0.4 is 4.74 Å². The molecule has 5 nitrogen and oxygen atoms in total. The van der Waals surface area contributed by atoms with Crippen LogP contribution >= 0.6 is 0 Å². The van der Waals surface area contributed by atoms with E-state index in [0.717, 1.165) is 25.4 Å². The van der Waals surface area contributed by atoms with Crippen molar-refractivity contribution in [2.24, 2.45) is 5.92 Å². The van der Waals surface area contributed by atoms with Crippen LogP contribution in [0.3, 0.4) is 0 Å². The zero-order chi connectivity index (χ0) is 17.3. The first-order valence-electron chi connectivity index (χ1n) is 8.53. The second-order valence-electron chi connectivity index (χ2n) is 7.50. The largest absolute Gasteiger partial charge is 0.497 e. The van der Waals surface area contributed by atoms with Crippen molar-refractivity contribution in [3.05, 3.63) is 42.5 Å². The lowest BCUT2D eigenvalue weighted by Gasteiger charge is -2.34. The van der Waals surface area contributed by atoms with Gasteiger partial charge in [-0.15, -0.1) is 6.58 Å². The molecule has 2 fully saturated rings. The highest BCUT2D eigenvalue weighted by Gasteiger charge is 2.51. The van der Waals surface area contributed by atoms with Crippen molar-refractivity contribution in [2.75, 3.05) is 26.8 Å². The molecule has 0 aliphatic carbocycles. The Bertz CT molecular complexity index is 573. The highest BCUT2D eigenvalue weighted by atomic mass is 28.4. The Morgan fingerprint density at radius 3 is 2.58 bits per heavy atom. The second-order valence-corrected chi connectivity index (χ2v) is 11.9. The number of likely N-dealkylation sites (tertiary alicyclic amines) is 1. The minimum atomic E-state index is -1.73. The first-order valence-corrected chi connectivity index (χ1v) is 11.9. The van der Waals surface area contributed by atoms with Gasteiger partial charge in [0.2, 0.25) is 8.32 Å². The molecule has 1 aromatic rings. The normalized spacial score (nSPS) is 28.1. The smallest absolute Gasteiger partial charge is 0.215 e. The Morgan fingerprint density at radius 2 is 2.00 bits per heavy atom. The van der Waals surface area contributed by atoms with Crippen LogP contribution in [0, 0.1) is 5.92 Å². The molecule has 0 N–H and O–H groups in total. The molecule has 1 aromatic carbocycles. The fraction of sp³-hybridized carbons (Fsp3) is 0.556. The summed E-state index contributed by atoms with van der Waals surface area (Å²) in [7, 11) is -0.0322. The number of hydroxylamine groups is 2. The first-order chi connectivity index (χ1) is 11.4. The summed E-state index contributed by atoms with van der Waals surface area (Å²) in [5.74, 6) is 1.33. The minimum absolute atomic E-state index is 0.213. The number of rotatable bonds is 6. The van der Waals surface area contributed by atoms with Crippen LogP contribution in [0.5, 0.6) is 5.75 Å². The van der Waals surface area contributed by atoms with E-state index in [2.05, 4.69) is 43.3 Å². The molecule has 0 spiro atoms. The molecule has 0 amide bonds. The number of hydrogen-bond donors (Lipinski definition) is 0. The zero-order valence-electron chi connectivity index (χ0n) is 15.1. The van der Waals surface area contributed by atoms with Gasteiger partial charge in [-0.2, -0.15) is 0 Å². The summed E-state index contributed by atoms with van der Waals surface area (Å²) in [6, 6.07) is 8.78. The molecule has 0 radical (unpaired) electrons. The topological polar surface area (TPSA) is 34.2 Å². The number of methoxy groups -OCH3 is 1. The van der Waals surface area contributed by atoms with Gasteiger partial charge in [-0.3, -0.25) is 9.74 Å². The molecule has 2 aliphatic rings. The van der Waals surface area contributed by atoms with E-state index >= 15 is 0 Å². The van der Waals surface area contributed by atoms with E-state index in [0.29, 0.717) is 5.92 Å². The molecular weight excluding hydrogens is 320 g/mol. The highest BCUT2D eigenvalue weighted by molar-refractivity contribution is 6.69. The van der Waals surface area contributed by atoms with Crippen LogP contribution in [0.4, 0.5) is 0 Å². The van der Waals surface area contributed by atoms with Crippen molar-refractivity contribution in [1.29, 1.82) is 0 Å². The van der Waals surface area contributed by atoms with Gasteiger partial charge in [0, 0.05) is 19.0 Å². The summed E-state index contributed by atoms with van der Waals surface area (Å²) in [6.45, 7) is 13.1. The van der Waals surface area contributed by atoms with Crippen molar-refractivity contribution >= 4 is 8.32 Å². The third kappa shape index (κ3) is 3.58. The number of nitrogens with zero attached hydrogens (tertiary/aromatic N) is 2. The summed E-state index contributed by atoms with van der Waals surface area (Å²) in [6.07, 6.45) is 1.97. The Balaban J connectivity index is 1.89. The third-order valence-electron chi connectivity index (χ3n) is 4.51. The number of benzene rings is 1. The zero-order valence-corrected chi connectivity index (χ0v) is 16.1. The van der Waals surface area contributed by atoms with Gasteiger partial charge in [-0.05, 0) is 37.3 Å². The molecule has 0 bridgehead atoms. The molecule has 2 heterocycles. The highest BCUT2D eigenvalue weighted by Crippen LogP contribution is 2.43. The van der Waals surface area contributed by atoms with Crippen molar-refractivity contribution in [1.82, 2.24) is 10.1 Å². The predicted octanol–water partition coefficient (Wildman–Crippen LogP) is 3.24. The standard InChI is InChI=1S/C18H28N2O3Si/c1-6-11-19-12-15-13-22-20(23-24(3,4)5)18(15)17(19)14-7-9-16(21-2)10-8-14/h6-10,15,17-18H,1,11-13H2,2-5H3/t15-,17-,18+/m0/s1. The minimum Gasteiger partial charge on any atom is -0.497 e. The monoisotopic (exact) mass is 348 g/mol. The summed E-state index contributed by atoms with van der Waals surface area (Å²) < 4.78 is 11.5. The third-order valence-corrected chi connectivity index (χ3v) is 5.24. The van der Waals surface area contributed by atoms with Crippen LogP contribution in [-0.4, -0.2) is 51.3 Å². The number of ether oxygens (including phenoxy) is 1. The Kier molecular flexibility index (Phi) is 5.12. The molecule has 0 unspecified atom stereocenters. The van der Waals surface area contributed by atoms with Gasteiger partial charge in [-0.1, -0.05) is 23.4 Å². The first kappa shape index (κ1) is 17.6. The van der Waals surface area contributed by atoms with Crippen molar-refractivity contribution in [3.63, 3.8) is 0 Å². The maximum atomic E-state index is 6.21. The predicted molar refractivity (Wildman–Crippen MR) is 97.0 cm³/mol. The average molecular weight is 349 g/mol. The van der Waals surface area contributed by atoms with E-state index in [-0.39, 0.29) is 12.1 Å². The van der Waals surface area contributed by atoms with Gasteiger partial charge in [0.15, 0.2) is 0 Å². The lowest BCUT2D eigenvalue weighted by molar-refractivity contribution is -0.316. The molecule has 3 atom stereocenters. The van der Waals surface area contributed by atoms with Crippen LogP contribution in [0.25, 0.3) is 0 Å². The molecule has 2 aliphatic heterocycles. The van der Waals surface area contributed by atoms with Gasteiger partial charge in [0.25, 0.3) is 0 Å². The van der Waals surface area contributed by atoms with Crippen LogP contribution in [0.1, 0.15) is 11.6 Å². The molecular formula is C18H28N2O3Si. The number of hydrogen-bond acceptors (Lipinski definition) is 5. The second kappa shape index (κ2) is 6.97. The van der Waals surface area contributed by atoms with Gasteiger partial charge < -0.3 is 9.26 Å². The Hall–Kier alpha value is -1.18. The van der Waals surface area contributed by atoms with E-state index in [1.54, 1.807) is 12.3 Å². The average Bonchev–Trinajstić information content (AvgIpc) is 3.06. The number of fused-ring (bicyclic) bond motifs is 1.